The van der Waals surface area contributed by atoms with Gasteiger partial charge in [-0.15, -0.1) is 0 Å². The molecule has 0 aromatic heterocycles. The van der Waals surface area contributed by atoms with E-state index in [1.807, 2.05) is 0 Å². The molecule has 0 fully saturated rings. The summed E-state index contributed by atoms with van der Waals surface area (Å²) in [4.78, 5) is 24.9. The Kier molecular flexibility index (Phi) is 3.75. The third kappa shape index (κ3) is 2.60. The summed E-state index contributed by atoms with van der Waals surface area (Å²) in [5.74, 6) is -0.594. The van der Waals surface area contributed by atoms with Crippen molar-refractivity contribution in [1.82, 2.24) is 0 Å². The van der Waals surface area contributed by atoms with Crippen LogP contribution < -0.4 is 4.74 Å². The molecule has 0 radical (unpaired) electrons. The van der Waals surface area contributed by atoms with Crippen molar-refractivity contribution in [2.24, 2.45) is 0 Å². The molecule has 6 heteroatoms. The number of methoxy groups -OCH3 is 1. The number of benzene rings is 2. The van der Waals surface area contributed by atoms with Gasteiger partial charge in [-0.3, -0.25) is 9.59 Å². The average molecular weight is 332 g/mol. The van der Waals surface area contributed by atoms with Crippen LogP contribution in [0.2, 0.25) is 0 Å². The average Bonchev–Trinajstić information content (AvgIpc) is 2.56. The maximum atomic E-state index is 12.7. The summed E-state index contributed by atoms with van der Waals surface area (Å²) in [5, 5.41) is 0. The van der Waals surface area contributed by atoms with Crippen molar-refractivity contribution >= 4 is 17.1 Å². The van der Waals surface area contributed by atoms with Crippen LogP contribution in [0.15, 0.2) is 48.5 Å². The fraction of sp³-hybridized carbons (Fsp3) is 0.111. The smallest absolute Gasteiger partial charge is 0.416 e. The lowest BCUT2D eigenvalue weighted by Crippen LogP contribution is -2.17. The van der Waals surface area contributed by atoms with Crippen LogP contribution in [0.25, 0.3) is 5.57 Å². The second kappa shape index (κ2) is 5.63. The van der Waals surface area contributed by atoms with Crippen molar-refractivity contribution < 1.29 is 27.5 Å². The van der Waals surface area contributed by atoms with Crippen molar-refractivity contribution in [1.29, 1.82) is 0 Å². The van der Waals surface area contributed by atoms with Gasteiger partial charge in [0, 0.05) is 11.1 Å². The summed E-state index contributed by atoms with van der Waals surface area (Å²) < 4.78 is 43.1. The lowest BCUT2D eigenvalue weighted by atomic mass is 9.85. The van der Waals surface area contributed by atoms with Crippen LogP contribution in [0.5, 0.6) is 5.75 Å². The summed E-state index contributed by atoms with van der Waals surface area (Å²) in [7, 11) is 1.38. The van der Waals surface area contributed by atoms with E-state index in [0.29, 0.717) is 0 Å². The number of carbonyl (C=O) groups excluding carboxylic acids is 2. The minimum atomic E-state index is -4.46. The van der Waals surface area contributed by atoms with Crippen molar-refractivity contribution in [3.05, 3.63) is 70.8 Å². The van der Waals surface area contributed by atoms with Crippen LogP contribution in [0.3, 0.4) is 0 Å². The molecule has 24 heavy (non-hydrogen) atoms. The number of fused-ring (bicyclic) bond motifs is 1. The van der Waals surface area contributed by atoms with Crippen molar-refractivity contribution in [2.75, 3.05) is 7.11 Å². The van der Waals surface area contributed by atoms with Gasteiger partial charge in [0.05, 0.1) is 18.2 Å². The van der Waals surface area contributed by atoms with E-state index in [0.717, 1.165) is 18.2 Å². The standard InChI is InChI=1S/C18H11F3O3/c1-24-15-4-2-3-12-14(22)9-13(17(23)16(12)15)10-5-7-11(8-6-10)18(19,20)21/h2-9H,1H3. The Hall–Kier alpha value is -2.89. The summed E-state index contributed by atoms with van der Waals surface area (Å²) in [5.41, 5.74) is -0.180. The van der Waals surface area contributed by atoms with E-state index in [1.54, 1.807) is 12.1 Å². The summed E-state index contributed by atoms with van der Waals surface area (Å²) in [6, 6.07) is 8.79. The Morgan fingerprint density at radius 2 is 1.62 bits per heavy atom. The predicted octanol–water partition coefficient (Wildman–Crippen LogP) is 4.18. The molecule has 0 N–H and O–H groups in total. The molecule has 2 aromatic rings. The van der Waals surface area contributed by atoms with E-state index >= 15 is 0 Å². The molecular formula is C18H11F3O3. The van der Waals surface area contributed by atoms with Crippen molar-refractivity contribution in [3.63, 3.8) is 0 Å². The summed E-state index contributed by atoms with van der Waals surface area (Å²) >= 11 is 0. The van der Waals surface area contributed by atoms with Gasteiger partial charge >= 0.3 is 6.18 Å². The highest BCUT2D eigenvalue weighted by Crippen LogP contribution is 2.35. The first-order valence-corrected chi connectivity index (χ1v) is 6.98. The number of Topliss-reactive ketones (excluding diaryl/α,β-unsaturated/α-hetero) is 1. The zero-order valence-electron chi connectivity index (χ0n) is 12.5. The van der Waals surface area contributed by atoms with Crippen molar-refractivity contribution in [2.45, 2.75) is 6.18 Å². The molecule has 3 rings (SSSR count). The highest BCUT2D eigenvalue weighted by Gasteiger charge is 2.32. The van der Waals surface area contributed by atoms with E-state index < -0.39 is 23.3 Å². The molecule has 0 saturated heterocycles. The molecule has 0 bridgehead atoms. The maximum Gasteiger partial charge on any atom is 0.416 e. The van der Waals surface area contributed by atoms with E-state index in [-0.39, 0.29) is 28.0 Å². The highest BCUT2D eigenvalue weighted by molar-refractivity contribution is 6.39. The van der Waals surface area contributed by atoms with Crippen LogP contribution in [-0.2, 0) is 6.18 Å². The molecule has 0 atom stereocenters. The largest absolute Gasteiger partial charge is 0.496 e. The van der Waals surface area contributed by atoms with Gasteiger partial charge in [0.1, 0.15) is 5.75 Å². The Morgan fingerprint density at radius 3 is 2.21 bits per heavy atom. The minimum Gasteiger partial charge on any atom is -0.496 e. The molecule has 2 aromatic carbocycles. The first-order chi connectivity index (χ1) is 11.3. The van der Waals surface area contributed by atoms with Gasteiger partial charge in [0.2, 0.25) is 0 Å². The fourth-order valence-electron chi connectivity index (χ4n) is 2.60. The Morgan fingerprint density at radius 1 is 0.958 bits per heavy atom. The van der Waals surface area contributed by atoms with Gasteiger partial charge in [0.25, 0.3) is 0 Å². The SMILES string of the molecule is COc1cccc2c1C(=O)C(c1ccc(C(F)(F)F)cc1)=CC2=O. The Bertz CT molecular complexity index is 862. The molecule has 0 heterocycles. The van der Waals surface area contributed by atoms with Gasteiger partial charge in [-0.2, -0.15) is 13.2 Å². The van der Waals surface area contributed by atoms with Crippen LogP contribution in [0.4, 0.5) is 13.2 Å². The third-order valence-corrected chi connectivity index (χ3v) is 3.78. The van der Waals surface area contributed by atoms with E-state index in [2.05, 4.69) is 0 Å². The molecule has 0 saturated carbocycles. The quantitative estimate of drug-likeness (QED) is 0.829. The molecule has 0 aliphatic heterocycles. The monoisotopic (exact) mass is 332 g/mol. The molecule has 0 spiro atoms. The van der Waals surface area contributed by atoms with Gasteiger partial charge in [0.15, 0.2) is 11.6 Å². The van der Waals surface area contributed by atoms with E-state index in [1.165, 1.54) is 25.3 Å². The molecule has 122 valence electrons. The highest BCUT2D eigenvalue weighted by atomic mass is 19.4. The normalized spacial score (nSPS) is 14.2. The number of carbonyl (C=O) groups is 2. The summed E-state index contributed by atoms with van der Waals surface area (Å²) in [6.07, 6.45) is -3.32. The molecule has 1 aliphatic rings. The zero-order chi connectivity index (χ0) is 17.5. The number of hydrogen-bond acceptors (Lipinski definition) is 3. The predicted molar refractivity (Wildman–Crippen MR) is 81.1 cm³/mol. The second-order valence-corrected chi connectivity index (χ2v) is 5.21. The number of ketones is 2. The molecule has 3 nitrogen and oxygen atoms in total. The topological polar surface area (TPSA) is 43.4 Å². The van der Waals surface area contributed by atoms with Crippen LogP contribution in [0.1, 0.15) is 31.8 Å². The first-order valence-electron chi connectivity index (χ1n) is 6.98. The molecule has 1 aliphatic carbocycles. The van der Waals surface area contributed by atoms with Gasteiger partial charge in [-0.1, -0.05) is 24.3 Å². The van der Waals surface area contributed by atoms with Crippen LogP contribution in [-0.4, -0.2) is 18.7 Å². The fourth-order valence-corrected chi connectivity index (χ4v) is 2.60. The van der Waals surface area contributed by atoms with Gasteiger partial charge < -0.3 is 4.74 Å². The number of rotatable bonds is 2. The Balaban J connectivity index is 2.07. The van der Waals surface area contributed by atoms with E-state index in [4.69, 9.17) is 4.74 Å². The van der Waals surface area contributed by atoms with Gasteiger partial charge in [-0.05, 0) is 29.8 Å². The van der Waals surface area contributed by atoms with E-state index in [9.17, 15) is 22.8 Å². The van der Waals surface area contributed by atoms with Gasteiger partial charge in [-0.25, -0.2) is 0 Å². The minimum absolute atomic E-state index is 0.0470. The lowest BCUT2D eigenvalue weighted by Gasteiger charge is -2.18. The Labute approximate surface area is 135 Å². The number of halogens is 3. The maximum absolute atomic E-state index is 12.7. The lowest BCUT2D eigenvalue weighted by molar-refractivity contribution is -0.137. The van der Waals surface area contributed by atoms with Crippen LogP contribution >= 0.6 is 0 Å². The molecule has 0 unspecified atom stereocenters. The number of allylic oxidation sites excluding steroid dienone is 2. The number of ether oxygens (including phenoxy) is 1. The second-order valence-electron chi connectivity index (χ2n) is 5.21. The molecule has 0 amide bonds. The number of hydrogen-bond donors (Lipinski definition) is 0. The zero-order valence-corrected chi connectivity index (χ0v) is 12.5. The third-order valence-electron chi connectivity index (χ3n) is 3.78. The summed E-state index contributed by atoms with van der Waals surface area (Å²) in [6.45, 7) is 0. The van der Waals surface area contributed by atoms with Crippen molar-refractivity contribution in [3.8, 4) is 5.75 Å². The number of alkyl halides is 3. The molecular weight excluding hydrogens is 321 g/mol. The van der Waals surface area contributed by atoms with Crippen LogP contribution in [0, 0.1) is 0 Å². The first kappa shape index (κ1) is 16.0.